The molecule has 6 nitrogen and oxygen atoms in total. The summed E-state index contributed by atoms with van der Waals surface area (Å²) in [5.41, 5.74) is 2.93. The van der Waals surface area contributed by atoms with Gasteiger partial charge in [0.1, 0.15) is 5.82 Å². The fourth-order valence-corrected chi connectivity index (χ4v) is 3.15. The lowest BCUT2D eigenvalue weighted by molar-refractivity contribution is -0.115. The van der Waals surface area contributed by atoms with Crippen LogP contribution in [0.4, 0.5) is 11.4 Å². The summed E-state index contributed by atoms with van der Waals surface area (Å²) in [5.74, 6) is 0.562. The smallest absolute Gasteiger partial charge is 0.237 e. The maximum atomic E-state index is 12.4. The van der Waals surface area contributed by atoms with E-state index in [4.69, 9.17) is 0 Å². The Morgan fingerprint density at radius 3 is 2.50 bits per heavy atom. The monoisotopic (exact) mass is 393 g/mol. The van der Waals surface area contributed by atoms with Gasteiger partial charge in [-0.1, -0.05) is 48.2 Å². The molecule has 0 bridgehead atoms. The molecule has 2 aromatic carbocycles. The average molecular weight is 394 g/mol. The molecule has 0 aliphatic rings. The van der Waals surface area contributed by atoms with Crippen LogP contribution in [0.1, 0.15) is 18.3 Å². The number of anilines is 2. The average Bonchev–Trinajstić information content (AvgIpc) is 3.15. The second-order valence-corrected chi connectivity index (χ2v) is 7.75. The molecule has 3 rings (SSSR count). The molecule has 0 saturated carbocycles. The van der Waals surface area contributed by atoms with Gasteiger partial charge in [-0.05, 0) is 42.8 Å². The Morgan fingerprint density at radius 1 is 1.11 bits per heavy atom. The molecule has 1 atom stereocenters. The van der Waals surface area contributed by atoms with Crippen molar-refractivity contribution in [1.82, 2.24) is 15.2 Å². The molecule has 2 N–H and O–H groups in total. The molecule has 1 unspecified atom stereocenters. The highest BCUT2D eigenvalue weighted by Gasteiger charge is 2.17. The van der Waals surface area contributed by atoms with E-state index in [2.05, 4.69) is 20.5 Å². The van der Waals surface area contributed by atoms with Gasteiger partial charge in [-0.15, -0.1) is 5.10 Å². The van der Waals surface area contributed by atoms with Crippen LogP contribution in [0, 0.1) is 0 Å². The Kier molecular flexibility index (Phi) is 6.49. The number of hydrogen-bond acceptors (Lipinski definition) is 5. The van der Waals surface area contributed by atoms with E-state index >= 15 is 0 Å². The zero-order valence-corrected chi connectivity index (χ0v) is 16.9. The number of hydrogen-bond donors (Lipinski definition) is 2. The topological polar surface area (TPSA) is 73.9 Å². The highest BCUT2D eigenvalue weighted by molar-refractivity contribution is 8.00. The van der Waals surface area contributed by atoms with Gasteiger partial charge in [0.2, 0.25) is 11.1 Å². The largest absolute Gasteiger partial charge is 0.378 e. The molecule has 3 aromatic rings. The number of H-pyrrole nitrogens is 1. The lowest BCUT2D eigenvalue weighted by Crippen LogP contribution is -2.22. The van der Waals surface area contributed by atoms with Gasteiger partial charge in [-0.3, -0.25) is 9.89 Å². The number of aromatic amines is 1. The molecule has 0 aliphatic heterocycles. The predicted molar refractivity (Wildman–Crippen MR) is 116 cm³/mol. The third-order valence-corrected chi connectivity index (χ3v) is 4.98. The SMILES string of the molecule is CC(Sc1n[nH]c(/C=C/c2ccccc2)n1)C(=O)Nc1ccc(N(C)C)cc1. The minimum atomic E-state index is -0.324. The van der Waals surface area contributed by atoms with E-state index in [0.717, 1.165) is 16.9 Å². The van der Waals surface area contributed by atoms with Gasteiger partial charge in [0.15, 0.2) is 0 Å². The first-order valence-electron chi connectivity index (χ1n) is 8.92. The van der Waals surface area contributed by atoms with Crippen molar-refractivity contribution in [2.75, 3.05) is 24.3 Å². The van der Waals surface area contributed by atoms with Crippen LogP contribution < -0.4 is 10.2 Å². The van der Waals surface area contributed by atoms with Crippen molar-refractivity contribution in [2.24, 2.45) is 0 Å². The van der Waals surface area contributed by atoms with E-state index in [0.29, 0.717) is 11.0 Å². The first-order valence-corrected chi connectivity index (χ1v) is 9.79. The molecule has 0 saturated heterocycles. The van der Waals surface area contributed by atoms with Gasteiger partial charge < -0.3 is 10.2 Å². The third kappa shape index (κ3) is 5.47. The maximum absolute atomic E-state index is 12.4. The van der Waals surface area contributed by atoms with Crippen LogP contribution in [0.2, 0.25) is 0 Å². The van der Waals surface area contributed by atoms with E-state index in [-0.39, 0.29) is 11.2 Å². The third-order valence-electron chi connectivity index (χ3n) is 4.02. The lowest BCUT2D eigenvalue weighted by Gasteiger charge is -2.14. The minimum absolute atomic E-state index is 0.0891. The van der Waals surface area contributed by atoms with Crippen molar-refractivity contribution >= 4 is 41.2 Å². The molecular weight excluding hydrogens is 370 g/mol. The van der Waals surface area contributed by atoms with E-state index in [1.54, 1.807) is 0 Å². The highest BCUT2D eigenvalue weighted by Crippen LogP contribution is 2.22. The summed E-state index contributed by atoms with van der Waals surface area (Å²) in [7, 11) is 3.96. The molecule has 1 amide bonds. The van der Waals surface area contributed by atoms with Gasteiger partial charge in [0, 0.05) is 25.5 Å². The lowest BCUT2D eigenvalue weighted by atomic mass is 10.2. The van der Waals surface area contributed by atoms with Gasteiger partial charge in [-0.25, -0.2) is 4.98 Å². The summed E-state index contributed by atoms with van der Waals surface area (Å²) in [6.07, 6.45) is 3.83. The molecule has 0 aliphatic carbocycles. The zero-order chi connectivity index (χ0) is 19.9. The van der Waals surface area contributed by atoms with Crippen molar-refractivity contribution in [3.8, 4) is 0 Å². The van der Waals surface area contributed by atoms with E-state index in [1.807, 2.05) is 92.7 Å². The van der Waals surface area contributed by atoms with Crippen molar-refractivity contribution < 1.29 is 4.79 Å². The number of rotatable bonds is 7. The zero-order valence-electron chi connectivity index (χ0n) is 16.1. The fourth-order valence-electron chi connectivity index (χ4n) is 2.42. The van der Waals surface area contributed by atoms with Gasteiger partial charge in [0.25, 0.3) is 0 Å². The molecule has 0 spiro atoms. The maximum Gasteiger partial charge on any atom is 0.237 e. The fraction of sp³-hybridized carbons (Fsp3) is 0.190. The summed E-state index contributed by atoms with van der Waals surface area (Å²) in [4.78, 5) is 18.9. The number of carbonyl (C=O) groups is 1. The van der Waals surface area contributed by atoms with Crippen molar-refractivity contribution in [2.45, 2.75) is 17.3 Å². The molecule has 28 heavy (non-hydrogen) atoms. The molecule has 1 heterocycles. The van der Waals surface area contributed by atoms with E-state index in [9.17, 15) is 4.79 Å². The summed E-state index contributed by atoms with van der Waals surface area (Å²) in [6, 6.07) is 17.7. The predicted octanol–water partition coefficient (Wildman–Crippen LogP) is 4.16. The van der Waals surface area contributed by atoms with Gasteiger partial charge in [0.05, 0.1) is 5.25 Å². The number of nitrogens with zero attached hydrogens (tertiary/aromatic N) is 3. The molecule has 0 radical (unpaired) electrons. The Hall–Kier alpha value is -3.06. The summed E-state index contributed by atoms with van der Waals surface area (Å²) in [5, 5.41) is 10.2. The molecule has 0 fully saturated rings. The number of benzene rings is 2. The molecule has 7 heteroatoms. The number of aromatic nitrogens is 3. The normalized spacial score (nSPS) is 12.1. The Labute approximate surface area is 169 Å². The second-order valence-electron chi connectivity index (χ2n) is 6.44. The second kappa shape index (κ2) is 9.23. The summed E-state index contributed by atoms with van der Waals surface area (Å²) < 4.78 is 0. The van der Waals surface area contributed by atoms with Crippen LogP contribution in [0.15, 0.2) is 59.8 Å². The summed E-state index contributed by atoms with van der Waals surface area (Å²) >= 11 is 1.31. The Morgan fingerprint density at radius 2 is 1.82 bits per heavy atom. The van der Waals surface area contributed by atoms with Gasteiger partial charge >= 0.3 is 0 Å². The van der Waals surface area contributed by atoms with Crippen molar-refractivity contribution in [3.63, 3.8) is 0 Å². The Balaban J connectivity index is 1.55. The van der Waals surface area contributed by atoms with Crippen LogP contribution >= 0.6 is 11.8 Å². The Bertz CT molecular complexity index is 935. The summed E-state index contributed by atoms with van der Waals surface area (Å²) in [6.45, 7) is 1.84. The standard InChI is InChI=1S/C21H23N5OS/c1-15(20(27)22-17-10-12-18(13-11-17)26(2)3)28-21-23-19(24-25-21)14-9-16-7-5-4-6-8-16/h4-15H,1-3H3,(H,22,27)(H,23,24,25)/b14-9+. The van der Waals surface area contributed by atoms with Crippen LogP contribution in [0.25, 0.3) is 12.2 Å². The van der Waals surface area contributed by atoms with Crippen LogP contribution in [-0.4, -0.2) is 40.4 Å². The number of carbonyl (C=O) groups excluding carboxylic acids is 1. The number of nitrogens with one attached hydrogen (secondary N) is 2. The molecule has 1 aromatic heterocycles. The van der Waals surface area contributed by atoms with Crippen LogP contribution in [0.5, 0.6) is 0 Å². The van der Waals surface area contributed by atoms with E-state index in [1.165, 1.54) is 11.8 Å². The first kappa shape index (κ1) is 19.7. The minimum Gasteiger partial charge on any atom is -0.378 e. The first-order chi connectivity index (χ1) is 13.5. The molecule has 144 valence electrons. The number of thioether (sulfide) groups is 1. The van der Waals surface area contributed by atoms with Crippen LogP contribution in [-0.2, 0) is 4.79 Å². The van der Waals surface area contributed by atoms with E-state index < -0.39 is 0 Å². The van der Waals surface area contributed by atoms with Gasteiger partial charge in [-0.2, -0.15) is 0 Å². The quantitative estimate of drug-likeness (QED) is 0.590. The van der Waals surface area contributed by atoms with Crippen molar-refractivity contribution in [3.05, 3.63) is 66.0 Å². The molecular formula is C21H23N5OS. The van der Waals surface area contributed by atoms with Crippen molar-refractivity contribution in [1.29, 1.82) is 0 Å². The highest BCUT2D eigenvalue weighted by atomic mass is 32.2. The number of amides is 1. The van der Waals surface area contributed by atoms with Crippen LogP contribution in [0.3, 0.4) is 0 Å².